The summed E-state index contributed by atoms with van der Waals surface area (Å²) in [6, 6.07) is 7.61. The number of rotatable bonds is 8. The standard InChI is InChI=1S/C23H29N7O3/c1-17(31)28-23(11-4-2-3-5-12-23)22-27-21(33-29-22)10-9-20(32)26-19-8-6-7-18(13-19)14-30-16-24-15-25-30/h6-8,13,15-16H,2-5,9-12,14H2,1H3,(H,26,32)(H,28,31). The Kier molecular flexibility index (Phi) is 7.11. The number of aryl methyl sites for hydroxylation is 1. The van der Waals surface area contributed by atoms with Crippen LogP contribution < -0.4 is 10.6 Å². The largest absolute Gasteiger partial charge is 0.343 e. The molecule has 3 aromatic rings. The van der Waals surface area contributed by atoms with Crippen LogP contribution in [0.2, 0.25) is 0 Å². The molecule has 1 aromatic carbocycles. The SMILES string of the molecule is CC(=O)NC1(c2noc(CCC(=O)Nc3cccc(Cn4cncn4)c3)n2)CCCCCC1. The van der Waals surface area contributed by atoms with E-state index in [1.54, 1.807) is 11.0 Å². The molecule has 2 heterocycles. The van der Waals surface area contributed by atoms with Gasteiger partial charge in [-0.3, -0.25) is 9.59 Å². The Hall–Kier alpha value is -3.56. The lowest BCUT2D eigenvalue weighted by molar-refractivity contribution is -0.121. The van der Waals surface area contributed by atoms with Crippen molar-refractivity contribution in [1.82, 2.24) is 30.2 Å². The lowest BCUT2D eigenvalue weighted by Gasteiger charge is -2.30. The number of benzene rings is 1. The molecule has 0 radical (unpaired) electrons. The van der Waals surface area contributed by atoms with Gasteiger partial charge in [0.1, 0.15) is 18.2 Å². The molecule has 4 rings (SSSR count). The van der Waals surface area contributed by atoms with Crippen LogP contribution in [0.15, 0.2) is 41.4 Å². The molecule has 1 aliphatic rings. The van der Waals surface area contributed by atoms with Crippen LogP contribution in [0.3, 0.4) is 0 Å². The first-order chi connectivity index (χ1) is 16.0. The van der Waals surface area contributed by atoms with Crippen molar-refractivity contribution in [2.24, 2.45) is 0 Å². The van der Waals surface area contributed by atoms with Crippen molar-refractivity contribution in [2.45, 2.75) is 70.4 Å². The van der Waals surface area contributed by atoms with E-state index in [2.05, 4.69) is 30.9 Å². The Labute approximate surface area is 192 Å². The van der Waals surface area contributed by atoms with Crippen LogP contribution in [-0.2, 0) is 28.1 Å². The van der Waals surface area contributed by atoms with Gasteiger partial charge in [0, 0.05) is 25.5 Å². The molecule has 33 heavy (non-hydrogen) atoms. The lowest BCUT2D eigenvalue weighted by atomic mass is 9.89. The first-order valence-corrected chi connectivity index (χ1v) is 11.4. The maximum absolute atomic E-state index is 12.5. The van der Waals surface area contributed by atoms with Crippen molar-refractivity contribution in [3.05, 3.63) is 54.2 Å². The smallest absolute Gasteiger partial charge is 0.227 e. The molecule has 10 heteroatoms. The van der Waals surface area contributed by atoms with Gasteiger partial charge in [-0.05, 0) is 30.5 Å². The second kappa shape index (κ2) is 10.4. The van der Waals surface area contributed by atoms with E-state index in [4.69, 9.17) is 4.52 Å². The molecule has 0 spiro atoms. The molecular formula is C23H29N7O3. The fraction of sp³-hybridized carbons (Fsp3) is 0.478. The molecule has 0 saturated heterocycles. The Morgan fingerprint density at radius 1 is 1.18 bits per heavy atom. The third-order valence-corrected chi connectivity index (χ3v) is 5.86. The van der Waals surface area contributed by atoms with E-state index < -0.39 is 5.54 Å². The third-order valence-electron chi connectivity index (χ3n) is 5.86. The molecule has 10 nitrogen and oxygen atoms in total. The van der Waals surface area contributed by atoms with Crippen molar-refractivity contribution in [2.75, 3.05) is 5.32 Å². The van der Waals surface area contributed by atoms with Gasteiger partial charge in [0.15, 0.2) is 5.82 Å². The van der Waals surface area contributed by atoms with Gasteiger partial charge in [0.2, 0.25) is 17.7 Å². The number of aromatic nitrogens is 5. The number of carbonyl (C=O) groups excluding carboxylic acids is 2. The van der Waals surface area contributed by atoms with Gasteiger partial charge in [0.05, 0.1) is 6.54 Å². The number of hydrogen-bond acceptors (Lipinski definition) is 7. The molecule has 0 unspecified atom stereocenters. The van der Waals surface area contributed by atoms with Gasteiger partial charge in [-0.15, -0.1) is 0 Å². The van der Waals surface area contributed by atoms with Crippen LogP contribution >= 0.6 is 0 Å². The molecular weight excluding hydrogens is 422 g/mol. The van der Waals surface area contributed by atoms with Gasteiger partial charge in [-0.2, -0.15) is 10.1 Å². The zero-order valence-corrected chi connectivity index (χ0v) is 18.8. The maximum Gasteiger partial charge on any atom is 0.227 e. The third kappa shape index (κ3) is 6.03. The average molecular weight is 452 g/mol. The van der Waals surface area contributed by atoms with Crippen LogP contribution in [0, 0.1) is 0 Å². The van der Waals surface area contributed by atoms with Gasteiger partial charge >= 0.3 is 0 Å². The summed E-state index contributed by atoms with van der Waals surface area (Å²) >= 11 is 0. The van der Waals surface area contributed by atoms with Gasteiger partial charge < -0.3 is 15.2 Å². The predicted molar refractivity (Wildman–Crippen MR) is 120 cm³/mol. The highest BCUT2D eigenvalue weighted by molar-refractivity contribution is 5.90. The first-order valence-electron chi connectivity index (χ1n) is 11.4. The van der Waals surface area contributed by atoms with E-state index in [1.807, 2.05) is 24.3 Å². The lowest BCUT2D eigenvalue weighted by Crippen LogP contribution is -2.45. The summed E-state index contributed by atoms with van der Waals surface area (Å²) in [5, 5.41) is 14.3. The normalized spacial score (nSPS) is 15.5. The highest BCUT2D eigenvalue weighted by Crippen LogP contribution is 2.34. The summed E-state index contributed by atoms with van der Waals surface area (Å²) in [6.07, 6.45) is 9.52. The highest BCUT2D eigenvalue weighted by atomic mass is 16.5. The highest BCUT2D eigenvalue weighted by Gasteiger charge is 2.38. The van der Waals surface area contributed by atoms with Crippen LogP contribution in [0.25, 0.3) is 0 Å². The number of hydrogen-bond donors (Lipinski definition) is 2. The molecule has 2 N–H and O–H groups in total. The fourth-order valence-corrected chi connectivity index (χ4v) is 4.32. The Morgan fingerprint density at radius 3 is 2.73 bits per heavy atom. The van der Waals surface area contributed by atoms with Crippen molar-refractivity contribution in [3.8, 4) is 0 Å². The Morgan fingerprint density at radius 2 is 2.00 bits per heavy atom. The average Bonchev–Trinajstić information content (AvgIpc) is 3.42. The predicted octanol–water partition coefficient (Wildman–Crippen LogP) is 2.97. The molecule has 0 bridgehead atoms. The molecule has 1 fully saturated rings. The second-order valence-corrected chi connectivity index (χ2v) is 8.53. The summed E-state index contributed by atoms with van der Waals surface area (Å²) in [7, 11) is 0. The number of amides is 2. The van der Waals surface area contributed by atoms with Crippen LogP contribution in [-0.4, -0.2) is 36.7 Å². The molecule has 2 amide bonds. The zero-order chi connectivity index (χ0) is 23.1. The van der Waals surface area contributed by atoms with E-state index in [-0.39, 0.29) is 18.2 Å². The topological polar surface area (TPSA) is 128 Å². The van der Waals surface area contributed by atoms with E-state index in [1.165, 1.54) is 13.3 Å². The van der Waals surface area contributed by atoms with E-state index in [9.17, 15) is 9.59 Å². The molecule has 1 aliphatic carbocycles. The monoisotopic (exact) mass is 451 g/mol. The summed E-state index contributed by atoms with van der Waals surface area (Å²) in [6.45, 7) is 2.09. The van der Waals surface area contributed by atoms with Gasteiger partial charge in [-0.1, -0.05) is 43.0 Å². The van der Waals surface area contributed by atoms with E-state index in [0.717, 1.165) is 44.1 Å². The van der Waals surface area contributed by atoms with Crippen LogP contribution in [0.5, 0.6) is 0 Å². The van der Waals surface area contributed by atoms with Gasteiger partial charge in [0.25, 0.3) is 0 Å². The van der Waals surface area contributed by atoms with Crippen molar-refractivity contribution in [3.63, 3.8) is 0 Å². The summed E-state index contributed by atoms with van der Waals surface area (Å²) in [5.41, 5.74) is 1.13. The Balaban J connectivity index is 1.35. The van der Waals surface area contributed by atoms with Crippen LogP contribution in [0.1, 0.15) is 69.1 Å². The number of nitrogens with one attached hydrogen (secondary N) is 2. The number of nitrogens with zero attached hydrogens (tertiary/aromatic N) is 5. The van der Waals surface area contributed by atoms with Gasteiger partial charge in [-0.25, -0.2) is 9.67 Å². The Bertz CT molecular complexity index is 1070. The summed E-state index contributed by atoms with van der Waals surface area (Å²) < 4.78 is 7.15. The molecule has 0 aliphatic heterocycles. The quantitative estimate of drug-likeness (QED) is 0.504. The molecule has 2 aromatic heterocycles. The van der Waals surface area contributed by atoms with E-state index in [0.29, 0.717) is 30.4 Å². The minimum Gasteiger partial charge on any atom is -0.343 e. The molecule has 0 atom stereocenters. The van der Waals surface area contributed by atoms with E-state index >= 15 is 0 Å². The summed E-state index contributed by atoms with van der Waals surface area (Å²) in [4.78, 5) is 32.8. The van der Waals surface area contributed by atoms with Crippen LogP contribution in [0.4, 0.5) is 5.69 Å². The number of anilines is 1. The minimum atomic E-state index is -0.586. The second-order valence-electron chi connectivity index (χ2n) is 8.53. The minimum absolute atomic E-state index is 0.103. The van der Waals surface area contributed by atoms with Crippen molar-refractivity contribution in [1.29, 1.82) is 0 Å². The molecule has 174 valence electrons. The van der Waals surface area contributed by atoms with Crippen molar-refractivity contribution >= 4 is 17.5 Å². The summed E-state index contributed by atoms with van der Waals surface area (Å²) in [5.74, 6) is 0.664. The first kappa shape index (κ1) is 22.6. The number of carbonyl (C=O) groups is 2. The maximum atomic E-state index is 12.5. The van der Waals surface area contributed by atoms with Crippen molar-refractivity contribution < 1.29 is 14.1 Å². The molecule has 1 saturated carbocycles. The zero-order valence-electron chi connectivity index (χ0n) is 18.8. The fourth-order valence-electron chi connectivity index (χ4n) is 4.32.